The van der Waals surface area contributed by atoms with Gasteiger partial charge in [-0.3, -0.25) is 4.79 Å². The Kier molecular flexibility index (Phi) is 5.67. The van der Waals surface area contributed by atoms with Crippen molar-refractivity contribution in [1.29, 1.82) is 0 Å². The number of rotatable bonds is 3. The normalized spacial score (nSPS) is 20.7. The van der Waals surface area contributed by atoms with Crippen molar-refractivity contribution in [2.45, 2.75) is 37.1 Å². The summed E-state index contributed by atoms with van der Waals surface area (Å²) in [5.41, 5.74) is 1.74. The second-order valence-electron chi connectivity index (χ2n) is 5.88. The molecule has 1 saturated heterocycles. The van der Waals surface area contributed by atoms with Gasteiger partial charge in [-0.2, -0.15) is 0 Å². The van der Waals surface area contributed by atoms with Gasteiger partial charge in [0.1, 0.15) is 0 Å². The van der Waals surface area contributed by atoms with E-state index < -0.39 is 10.0 Å². The molecular weight excluding hydrogens is 338 g/mol. The first-order valence-electron chi connectivity index (χ1n) is 7.61. The van der Waals surface area contributed by atoms with E-state index in [2.05, 4.69) is 10.0 Å². The van der Waals surface area contributed by atoms with E-state index >= 15 is 0 Å². The Bertz CT molecular complexity index is 687. The summed E-state index contributed by atoms with van der Waals surface area (Å²) in [4.78, 5) is 13.5. The predicted octanol–water partition coefficient (Wildman–Crippen LogP) is 1.05. The Morgan fingerprint density at radius 1 is 1.39 bits per heavy atom. The number of carbonyl (C=O) groups is 1. The minimum Gasteiger partial charge on any atom is -0.315 e. The van der Waals surface area contributed by atoms with Gasteiger partial charge in [-0.25, -0.2) is 13.1 Å². The predicted molar refractivity (Wildman–Crippen MR) is 91.6 cm³/mol. The monoisotopic (exact) mass is 359 g/mol. The maximum atomic E-state index is 12.5. The highest BCUT2D eigenvalue weighted by Crippen LogP contribution is 2.30. The van der Waals surface area contributed by atoms with Crippen LogP contribution in [0, 0.1) is 0 Å². The number of nitrogens with zero attached hydrogens (tertiary/aromatic N) is 1. The molecule has 1 amide bonds. The number of halogens is 1. The van der Waals surface area contributed by atoms with Crippen molar-refractivity contribution in [2.75, 3.05) is 24.5 Å². The molecule has 2 heterocycles. The van der Waals surface area contributed by atoms with Gasteiger partial charge in [0.05, 0.1) is 4.90 Å². The molecule has 3 rings (SSSR count). The van der Waals surface area contributed by atoms with Crippen LogP contribution in [-0.2, 0) is 21.2 Å². The van der Waals surface area contributed by atoms with Crippen molar-refractivity contribution in [3.63, 3.8) is 0 Å². The van der Waals surface area contributed by atoms with E-state index in [1.165, 1.54) is 6.92 Å². The van der Waals surface area contributed by atoms with Crippen molar-refractivity contribution < 1.29 is 13.2 Å². The molecule has 8 heteroatoms. The highest BCUT2D eigenvalue weighted by atomic mass is 35.5. The first kappa shape index (κ1) is 18.2. The van der Waals surface area contributed by atoms with Crippen molar-refractivity contribution in [2.24, 2.45) is 0 Å². The minimum absolute atomic E-state index is 0. The number of hydrogen-bond donors (Lipinski definition) is 2. The Morgan fingerprint density at radius 2 is 2.17 bits per heavy atom. The maximum absolute atomic E-state index is 12.5. The fourth-order valence-electron chi connectivity index (χ4n) is 3.09. The fraction of sp³-hybridized carbons (Fsp3) is 0.533. The average molecular weight is 360 g/mol. The Labute approximate surface area is 143 Å². The molecule has 2 N–H and O–H groups in total. The number of anilines is 1. The first-order valence-corrected chi connectivity index (χ1v) is 9.10. The molecule has 0 spiro atoms. The Hall–Kier alpha value is -1.15. The second-order valence-corrected chi connectivity index (χ2v) is 7.59. The molecule has 0 bridgehead atoms. The molecule has 0 aromatic heterocycles. The molecule has 128 valence electrons. The third-order valence-electron chi connectivity index (χ3n) is 4.26. The first-order chi connectivity index (χ1) is 10.5. The van der Waals surface area contributed by atoms with Gasteiger partial charge < -0.3 is 10.2 Å². The molecule has 0 saturated carbocycles. The Balaban J connectivity index is 0.00000192. The fourth-order valence-corrected chi connectivity index (χ4v) is 4.38. The van der Waals surface area contributed by atoms with E-state index in [0.717, 1.165) is 37.1 Å². The van der Waals surface area contributed by atoms with Crippen molar-refractivity contribution >= 4 is 34.0 Å². The SMILES string of the molecule is CC(=O)N1CCc2ccc(S(=O)(=O)N[C@@H]3CCCNC3)cc21.Cl. The molecule has 1 aromatic rings. The smallest absolute Gasteiger partial charge is 0.240 e. The third-order valence-corrected chi connectivity index (χ3v) is 5.78. The average Bonchev–Trinajstić information content (AvgIpc) is 2.91. The van der Waals surface area contributed by atoms with Crippen LogP contribution in [0.2, 0.25) is 0 Å². The number of benzene rings is 1. The molecule has 0 unspecified atom stereocenters. The molecule has 1 atom stereocenters. The van der Waals surface area contributed by atoms with Crippen molar-refractivity contribution in [1.82, 2.24) is 10.0 Å². The van der Waals surface area contributed by atoms with Gasteiger partial charge in [-0.1, -0.05) is 6.07 Å². The summed E-state index contributed by atoms with van der Waals surface area (Å²) >= 11 is 0. The van der Waals surface area contributed by atoms with Crippen LogP contribution in [0.5, 0.6) is 0 Å². The van der Waals surface area contributed by atoms with E-state index in [1.54, 1.807) is 17.0 Å². The van der Waals surface area contributed by atoms with Gasteiger partial charge in [0, 0.05) is 31.7 Å². The standard InChI is InChI=1S/C15H21N3O3S.ClH/c1-11(19)18-8-6-12-4-5-14(9-15(12)18)22(20,21)17-13-3-2-7-16-10-13;/h4-5,9,13,16-17H,2-3,6-8,10H2,1H3;1H/t13-;/m1./s1. The highest BCUT2D eigenvalue weighted by molar-refractivity contribution is 7.89. The molecule has 1 aromatic carbocycles. The summed E-state index contributed by atoms with van der Waals surface area (Å²) < 4.78 is 27.8. The Morgan fingerprint density at radius 3 is 2.83 bits per heavy atom. The molecule has 2 aliphatic rings. The summed E-state index contributed by atoms with van der Waals surface area (Å²) in [6.45, 7) is 3.71. The lowest BCUT2D eigenvalue weighted by Gasteiger charge is -2.24. The summed E-state index contributed by atoms with van der Waals surface area (Å²) in [6.07, 6.45) is 2.58. The van der Waals surface area contributed by atoms with Crippen LogP contribution >= 0.6 is 12.4 Å². The van der Waals surface area contributed by atoms with Crippen LogP contribution < -0.4 is 14.9 Å². The van der Waals surface area contributed by atoms with Gasteiger partial charge in [-0.05, 0) is 43.5 Å². The third kappa shape index (κ3) is 3.85. The number of carbonyl (C=O) groups excluding carboxylic acids is 1. The largest absolute Gasteiger partial charge is 0.315 e. The van der Waals surface area contributed by atoms with Gasteiger partial charge in [-0.15, -0.1) is 12.4 Å². The number of piperidine rings is 1. The van der Waals surface area contributed by atoms with Crippen LogP contribution in [0.15, 0.2) is 23.1 Å². The molecule has 23 heavy (non-hydrogen) atoms. The zero-order chi connectivity index (χ0) is 15.7. The van der Waals surface area contributed by atoms with Gasteiger partial charge in [0.25, 0.3) is 0 Å². The van der Waals surface area contributed by atoms with Crippen molar-refractivity contribution in [3.05, 3.63) is 23.8 Å². The van der Waals surface area contributed by atoms with E-state index in [1.807, 2.05) is 6.07 Å². The van der Waals surface area contributed by atoms with E-state index in [0.29, 0.717) is 13.1 Å². The zero-order valence-corrected chi connectivity index (χ0v) is 14.7. The highest BCUT2D eigenvalue weighted by Gasteiger charge is 2.26. The molecule has 0 radical (unpaired) electrons. The summed E-state index contributed by atoms with van der Waals surface area (Å²) in [7, 11) is -3.56. The molecule has 6 nitrogen and oxygen atoms in total. The number of amides is 1. The summed E-state index contributed by atoms with van der Waals surface area (Å²) in [5, 5.41) is 3.19. The lowest BCUT2D eigenvalue weighted by atomic mass is 10.1. The molecule has 2 aliphatic heterocycles. The number of sulfonamides is 1. The van der Waals surface area contributed by atoms with Crippen LogP contribution in [0.4, 0.5) is 5.69 Å². The molecule has 0 aliphatic carbocycles. The van der Waals surface area contributed by atoms with E-state index in [-0.39, 0.29) is 29.3 Å². The van der Waals surface area contributed by atoms with Gasteiger partial charge in [0.2, 0.25) is 15.9 Å². The quantitative estimate of drug-likeness (QED) is 0.845. The number of nitrogens with one attached hydrogen (secondary N) is 2. The second kappa shape index (κ2) is 7.17. The van der Waals surface area contributed by atoms with E-state index in [9.17, 15) is 13.2 Å². The zero-order valence-electron chi connectivity index (χ0n) is 13.0. The van der Waals surface area contributed by atoms with Gasteiger partial charge >= 0.3 is 0 Å². The number of fused-ring (bicyclic) bond motifs is 1. The molecule has 1 fully saturated rings. The van der Waals surface area contributed by atoms with Crippen LogP contribution in [0.25, 0.3) is 0 Å². The minimum atomic E-state index is -3.56. The summed E-state index contributed by atoms with van der Waals surface area (Å²) in [5.74, 6) is -0.0577. The topological polar surface area (TPSA) is 78.5 Å². The van der Waals surface area contributed by atoms with Gasteiger partial charge in [0.15, 0.2) is 0 Å². The number of hydrogen-bond acceptors (Lipinski definition) is 4. The lowest BCUT2D eigenvalue weighted by molar-refractivity contribution is -0.116. The van der Waals surface area contributed by atoms with E-state index in [4.69, 9.17) is 0 Å². The summed E-state index contributed by atoms with van der Waals surface area (Å²) in [6, 6.07) is 4.98. The molecular formula is C15H22ClN3O3S. The van der Waals surface area contributed by atoms with Crippen LogP contribution in [0.3, 0.4) is 0 Å². The maximum Gasteiger partial charge on any atom is 0.240 e. The van der Waals surface area contributed by atoms with Crippen molar-refractivity contribution in [3.8, 4) is 0 Å². The van der Waals surface area contributed by atoms with Crippen LogP contribution in [-0.4, -0.2) is 40.0 Å². The van der Waals surface area contributed by atoms with Crippen LogP contribution in [0.1, 0.15) is 25.3 Å². The lowest BCUT2D eigenvalue weighted by Crippen LogP contribution is -2.45.